The molecule has 4 heteroatoms. The van der Waals surface area contributed by atoms with Crippen LogP contribution in [0, 0.1) is 0 Å². The van der Waals surface area contributed by atoms with Crippen molar-refractivity contribution in [3.05, 3.63) is 35.9 Å². The van der Waals surface area contributed by atoms with Crippen LogP contribution in [0.5, 0.6) is 0 Å². The molecule has 1 saturated heterocycles. The molecule has 1 fully saturated rings. The van der Waals surface area contributed by atoms with Gasteiger partial charge in [-0.15, -0.1) is 0 Å². The smallest absolute Gasteiger partial charge is 0.320 e. The number of hydrogen-bond acceptors (Lipinski definition) is 2. The van der Waals surface area contributed by atoms with Gasteiger partial charge >= 0.3 is 6.03 Å². The molecule has 2 N–H and O–H groups in total. The third kappa shape index (κ3) is 2.64. The zero-order valence-electron chi connectivity index (χ0n) is 11.3. The zero-order valence-corrected chi connectivity index (χ0v) is 11.3. The quantitative estimate of drug-likeness (QED) is 0.886. The van der Waals surface area contributed by atoms with Crippen molar-refractivity contribution in [1.82, 2.24) is 9.80 Å². The number of carbonyl (C=O) groups excluding carboxylic acids is 1. The predicted molar refractivity (Wildman–Crippen MR) is 72.2 cm³/mol. The van der Waals surface area contributed by atoms with E-state index >= 15 is 0 Å². The molecule has 0 radical (unpaired) electrons. The molecule has 0 bridgehead atoms. The lowest BCUT2D eigenvalue weighted by Crippen LogP contribution is -2.46. The molecule has 0 saturated carbocycles. The van der Waals surface area contributed by atoms with Crippen LogP contribution in [0.3, 0.4) is 0 Å². The summed E-state index contributed by atoms with van der Waals surface area (Å²) in [6.45, 7) is 5.17. The minimum absolute atomic E-state index is 0.0578. The van der Waals surface area contributed by atoms with Crippen LogP contribution in [0.2, 0.25) is 0 Å². The lowest BCUT2D eigenvalue weighted by atomic mass is 10.1. The van der Waals surface area contributed by atoms with E-state index in [0.29, 0.717) is 13.1 Å². The molecule has 1 heterocycles. The van der Waals surface area contributed by atoms with E-state index in [0.717, 1.165) is 0 Å². The van der Waals surface area contributed by atoms with Crippen LogP contribution in [0.4, 0.5) is 4.79 Å². The first-order valence-electron chi connectivity index (χ1n) is 6.24. The van der Waals surface area contributed by atoms with E-state index in [1.807, 2.05) is 44.0 Å². The Morgan fingerprint density at radius 2 is 1.94 bits per heavy atom. The van der Waals surface area contributed by atoms with Crippen LogP contribution in [0.1, 0.15) is 25.5 Å². The van der Waals surface area contributed by atoms with E-state index in [-0.39, 0.29) is 17.6 Å². The van der Waals surface area contributed by atoms with Gasteiger partial charge in [-0.3, -0.25) is 0 Å². The third-order valence-corrected chi connectivity index (χ3v) is 3.22. The average Bonchev–Trinajstić information content (AvgIpc) is 2.57. The fourth-order valence-electron chi connectivity index (χ4n) is 2.39. The molecule has 0 aromatic heterocycles. The van der Waals surface area contributed by atoms with Gasteiger partial charge in [-0.05, 0) is 19.4 Å². The highest BCUT2D eigenvalue weighted by Crippen LogP contribution is 2.28. The Kier molecular flexibility index (Phi) is 3.30. The fourth-order valence-corrected chi connectivity index (χ4v) is 2.39. The summed E-state index contributed by atoms with van der Waals surface area (Å²) in [6, 6.07) is 10.3. The van der Waals surface area contributed by atoms with Crippen molar-refractivity contribution in [2.45, 2.75) is 25.4 Å². The number of hydrogen-bond donors (Lipinski definition) is 1. The van der Waals surface area contributed by atoms with Crippen molar-refractivity contribution in [3.63, 3.8) is 0 Å². The van der Waals surface area contributed by atoms with Gasteiger partial charge in [-0.2, -0.15) is 0 Å². The normalized spacial score (nSPS) is 20.7. The molecule has 0 spiro atoms. The third-order valence-electron chi connectivity index (χ3n) is 3.22. The maximum Gasteiger partial charge on any atom is 0.320 e. The molecule has 0 aliphatic carbocycles. The average molecular weight is 247 g/mol. The number of nitrogens with zero attached hydrogens (tertiary/aromatic N) is 2. The van der Waals surface area contributed by atoms with Crippen molar-refractivity contribution in [2.24, 2.45) is 5.73 Å². The van der Waals surface area contributed by atoms with Gasteiger partial charge in [0.25, 0.3) is 0 Å². The van der Waals surface area contributed by atoms with Gasteiger partial charge < -0.3 is 15.5 Å². The van der Waals surface area contributed by atoms with Gasteiger partial charge in [0.1, 0.15) is 0 Å². The number of benzene rings is 1. The van der Waals surface area contributed by atoms with Gasteiger partial charge in [0, 0.05) is 25.7 Å². The second-order valence-corrected chi connectivity index (χ2v) is 5.69. The van der Waals surface area contributed by atoms with Crippen LogP contribution in [-0.4, -0.2) is 41.5 Å². The molecular weight excluding hydrogens is 226 g/mol. The van der Waals surface area contributed by atoms with E-state index in [1.54, 1.807) is 4.90 Å². The standard InChI is InChI=1S/C14H21N3O/c1-14(2,15)10-17-9-12(16(3)13(17)18)11-7-5-4-6-8-11/h4-8,12H,9-10,15H2,1-3H3. The molecule has 18 heavy (non-hydrogen) atoms. The summed E-state index contributed by atoms with van der Waals surface area (Å²) in [7, 11) is 1.85. The lowest BCUT2D eigenvalue weighted by molar-refractivity contribution is 0.188. The summed E-state index contributed by atoms with van der Waals surface area (Å²) >= 11 is 0. The maximum atomic E-state index is 12.2. The molecule has 98 valence electrons. The number of carbonyl (C=O) groups is 1. The van der Waals surface area contributed by atoms with E-state index in [4.69, 9.17) is 5.73 Å². The van der Waals surface area contributed by atoms with E-state index in [1.165, 1.54) is 5.56 Å². The number of amides is 2. The summed E-state index contributed by atoms with van der Waals surface area (Å²) in [5, 5.41) is 0. The topological polar surface area (TPSA) is 49.6 Å². The first-order valence-corrected chi connectivity index (χ1v) is 6.24. The predicted octanol–water partition coefficient (Wildman–Crippen LogP) is 1.83. The molecule has 1 aromatic carbocycles. The molecule has 4 nitrogen and oxygen atoms in total. The summed E-state index contributed by atoms with van der Waals surface area (Å²) in [5.74, 6) is 0. The maximum absolute atomic E-state index is 12.2. The Hall–Kier alpha value is -1.55. The van der Waals surface area contributed by atoms with Gasteiger partial charge in [-0.1, -0.05) is 30.3 Å². The van der Waals surface area contributed by atoms with Gasteiger partial charge in [0.2, 0.25) is 0 Å². The molecule has 2 rings (SSSR count). The highest BCUT2D eigenvalue weighted by atomic mass is 16.2. The number of nitrogens with two attached hydrogens (primary N) is 1. The van der Waals surface area contributed by atoms with Crippen LogP contribution in [0.15, 0.2) is 30.3 Å². The summed E-state index contributed by atoms with van der Waals surface area (Å²) in [6.07, 6.45) is 0. The molecule has 1 aliphatic rings. The molecule has 1 aromatic rings. The summed E-state index contributed by atoms with van der Waals surface area (Å²) in [4.78, 5) is 15.8. The monoisotopic (exact) mass is 247 g/mol. The van der Waals surface area contributed by atoms with E-state index < -0.39 is 0 Å². The van der Waals surface area contributed by atoms with E-state index in [2.05, 4.69) is 12.1 Å². The lowest BCUT2D eigenvalue weighted by Gasteiger charge is -2.25. The molecule has 1 aliphatic heterocycles. The second kappa shape index (κ2) is 4.61. The second-order valence-electron chi connectivity index (χ2n) is 5.69. The number of urea groups is 1. The van der Waals surface area contributed by atoms with Crippen LogP contribution >= 0.6 is 0 Å². The molecular formula is C14H21N3O. The first-order chi connectivity index (χ1) is 8.38. The summed E-state index contributed by atoms with van der Waals surface area (Å²) in [5.41, 5.74) is 6.81. The number of likely N-dealkylation sites (N-methyl/N-ethyl adjacent to an activating group) is 1. The van der Waals surface area contributed by atoms with Gasteiger partial charge in [0.15, 0.2) is 0 Å². The molecule has 1 unspecified atom stereocenters. The Morgan fingerprint density at radius 3 is 2.50 bits per heavy atom. The minimum Gasteiger partial charge on any atom is -0.324 e. The van der Waals surface area contributed by atoms with Crippen molar-refractivity contribution in [1.29, 1.82) is 0 Å². The Morgan fingerprint density at radius 1 is 1.33 bits per heavy atom. The highest BCUT2D eigenvalue weighted by molar-refractivity contribution is 5.77. The van der Waals surface area contributed by atoms with Crippen molar-refractivity contribution < 1.29 is 4.79 Å². The van der Waals surface area contributed by atoms with Crippen LogP contribution in [-0.2, 0) is 0 Å². The Bertz CT molecular complexity index is 424. The largest absolute Gasteiger partial charge is 0.324 e. The highest BCUT2D eigenvalue weighted by Gasteiger charge is 2.36. The SMILES string of the molecule is CN1C(=O)N(CC(C)(C)N)CC1c1ccccc1. The van der Waals surface area contributed by atoms with Gasteiger partial charge in [-0.25, -0.2) is 4.79 Å². The number of rotatable bonds is 3. The van der Waals surface area contributed by atoms with E-state index in [9.17, 15) is 4.79 Å². The zero-order chi connectivity index (χ0) is 13.3. The Balaban J connectivity index is 2.15. The minimum atomic E-state index is -0.359. The van der Waals surface area contributed by atoms with Gasteiger partial charge in [0.05, 0.1) is 6.04 Å². The fraction of sp³-hybridized carbons (Fsp3) is 0.500. The summed E-state index contributed by atoms with van der Waals surface area (Å²) < 4.78 is 0. The first kappa shape index (κ1) is 12.9. The molecule has 2 amide bonds. The van der Waals surface area contributed by atoms with Crippen molar-refractivity contribution in [3.8, 4) is 0 Å². The van der Waals surface area contributed by atoms with Crippen molar-refractivity contribution in [2.75, 3.05) is 20.1 Å². The molecule has 1 atom stereocenters. The van der Waals surface area contributed by atoms with Crippen LogP contribution < -0.4 is 5.73 Å². The van der Waals surface area contributed by atoms with Crippen LogP contribution in [0.25, 0.3) is 0 Å². The Labute approximate surface area is 108 Å². The van der Waals surface area contributed by atoms with Crippen molar-refractivity contribution >= 4 is 6.03 Å².